The number of rotatable bonds is 5. The summed E-state index contributed by atoms with van der Waals surface area (Å²) in [6.07, 6.45) is 3.80. The third kappa shape index (κ3) is 4.16. The molecule has 1 fully saturated rings. The molecule has 8 heteroatoms. The molecule has 0 saturated carbocycles. The zero-order valence-corrected chi connectivity index (χ0v) is 19.5. The predicted octanol–water partition coefficient (Wildman–Crippen LogP) is 3.47. The lowest BCUT2D eigenvalue weighted by Crippen LogP contribution is -2.45. The van der Waals surface area contributed by atoms with Crippen molar-refractivity contribution >= 4 is 40.0 Å². The van der Waals surface area contributed by atoms with Gasteiger partial charge in [0.2, 0.25) is 0 Å². The van der Waals surface area contributed by atoms with Gasteiger partial charge in [0.05, 0.1) is 22.5 Å². The number of carbonyl (C=O) groups is 1. The van der Waals surface area contributed by atoms with Crippen molar-refractivity contribution in [2.45, 2.75) is 5.50 Å². The van der Waals surface area contributed by atoms with E-state index in [9.17, 15) is 4.79 Å². The predicted molar refractivity (Wildman–Crippen MR) is 138 cm³/mol. The topological polar surface area (TPSA) is 72.5 Å². The average molecular weight is 471 g/mol. The number of amides is 1. The van der Waals surface area contributed by atoms with Gasteiger partial charge in [0.1, 0.15) is 0 Å². The average Bonchev–Trinajstić information content (AvgIpc) is 3.46. The smallest absolute Gasteiger partial charge is 0.257 e. The van der Waals surface area contributed by atoms with Crippen LogP contribution in [0.15, 0.2) is 78.1 Å². The maximum atomic E-state index is 13.1. The van der Waals surface area contributed by atoms with Crippen molar-refractivity contribution in [2.75, 3.05) is 38.0 Å². The Kier molecular flexibility index (Phi) is 5.70. The first-order valence-electron chi connectivity index (χ1n) is 11.5. The molecule has 6 rings (SSSR count). The largest absolute Gasteiger partial charge is 0.354 e. The van der Waals surface area contributed by atoms with Gasteiger partial charge in [-0.2, -0.15) is 0 Å². The Morgan fingerprint density at radius 3 is 2.85 bits per heavy atom. The van der Waals surface area contributed by atoms with Crippen LogP contribution in [0, 0.1) is 0 Å². The number of carbonyl (C=O) groups excluding carboxylic acids is 1. The highest BCUT2D eigenvalue weighted by Gasteiger charge is 2.33. The van der Waals surface area contributed by atoms with Gasteiger partial charge >= 0.3 is 0 Å². The summed E-state index contributed by atoms with van der Waals surface area (Å²) in [6, 6.07) is 17.6. The number of fused-ring (bicyclic) bond motifs is 2. The number of anilines is 1. The summed E-state index contributed by atoms with van der Waals surface area (Å²) in [5, 5.41) is 13.3. The van der Waals surface area contributed by atoms with Gasteiger partial charge in [-0.05, 0) is 23.6 Å². The molecule has 2 aromatic carbocycles. The normalized spacial score (nSPS) is 20.0. The quantitative estimate of drug-likeness (QED) is 0.527. The van der Waals surface area contributed by atoms with E-state index < -0.39 is 0 Å². The Morgan fingerprint density at radius 1 is 1.12 bits per heavy atom. The maximum Gasteiger partial charge on any atom is 0.257 e. The zero-order valence-electron chi connectivity index (χ0n) is 18.7. The molecule has 172 valence electrons. The van der Waals surface area contributed by atoms with Crippen LogP contribution in [0.3, 0.4) is 0 Å². The summed E-state index contributed by atoms with van der Waals surface area (Å²) >= 11 is 1.79. The Morgan fingerprint density at radius 2 is 1.94 bits per heavy atom. The Labute approximate surface area is 202 Å². The number of hydrogen-bond acceptors (Lipinski definition) is 7. The molecule has 4 heterocycles. The lowest BCUT2D eigenvalue weighted by Gasteiger charge is -2.29. The molecule has 3 aromatic rings. The minimum Gasteiger partial charge on any atom is -0.354 e. The molecule has 34 heavy (non-hydrogen) atoms. The molecule has 1 aromatic heterocycles. The van der Waals surface area contributed by atoms with Crippen LogP contribution in [0.5, 0.6) is 0 Å². The molecule has 0 radical (unpaired) electrons. The summed E-state index contributed by atoms with van der Waals surface area (Å²) in [5.74, 6) is -0.168. The third-order valence-corrected chi connectivity index (χ3v) is 7.39. The molecule has 3 N–H and O–H groups in total. The summed E-state index contributed by atoms with van der Waals surface area (Å²) < 4.78 is 0. The zero-order chi connectivity index (χ0) is 22.9. The van der Waals surface area contributed by atoms with Crippen LogP contribution in [0.2, 0.25) is 0 Å². The number of nitrogens with one attached hydrogen (secondary N) is 3. The second-order valence-corrected chi connectivity index (χ2v) is 9.59. The first-order chi connectivity index (χ1) is 16.7. The summed E-state index contributed by atoms with van der Waals surface area (Å²) in [5.41, 5.74) is 5.64. The highest BCUT2D eigenvalue weighted by Crippen LogP contribution is 2.38. The molecule has 1 unspecified atom stereocenters. The minimum absolute atomic E-state index is 0.154. The SMILES string of the molecule is O=C(Nc1ccccc1C1=CN2C(CN3CCNCC3)=CSC2N1)c1cnc2ccccc2c1. The van der Waals surface area contributed by atoms with E-state index in [2.05, 4.69) is 42.3 Å². The monoisotopic (exact) mass is 470 g/mol. The van der Waals surface area contributed by atoms with Crippen LogP contribution < -0.4 is 16.0 Å². The van der Waals surface area contributed by atoms with E-state index in [1.807, 2.05) is 54.6 Å². The number of pyridine rings is 1. The van der Waals surface area contributed by atoms with Crippen molar-refractivity contribution in [3.05, 3.63) is 89.2 Å². The van der Waals surface area contributed by atoms with Crippen molar-refractivity contribution in [3.8, 4) is 0 Å². The van der Waals surface area contributed by atoms with Gasteiger partial charge in [-0.1, -0.05) is 48.2 Å². The molecular weight excluding hydrogens is 444 g/mol. The lowest BCUT2D eigenvalue weighted by atomic mass is 10.1. The number of para-hydroxylation sites is 2. The Hall–Kier alpha value is -3.33. The molecule has 3 aliphatic rings. The van der Waals surface area contributed by atoms with Gasteiger partial charge in [0.25, 0.3) is 5.91 Å². The fraction of sp³-hybridized carbons (Fsp3) is 0.231. The molecule has 3 aliphatic heterocycles. The minimum atomic E-state index is -0.168. The molecule has 0 aliphatic carbocycles. The van der Waals surface area contributed by atoms with Crippen molar-refractivity contribution < 1.29 is 4.79 Å². The second kappa shape index (κ2) is 9.13. The van der Waals surface area contributed by atoms with Crippen molar-refractivity contribution in [3.63, 3.8) is 0 Å². The number of piperazine rings is 1. The molecule has 1 saturated heterocycles. The van der Waals surface area contributed by atoms with E-state index in [-0.39, 0.29) is 11.4 Å². The maximum absolute atomic E-state index is 13.1. The molecule has 1 atom stereocenters. The number of nitrogens with zero attached hydrogens (tertiary/aromatic N) is 3. The van der Waals surface area contributed by atoms with Gasteiger partial charge in [-0.25, -0.2) is 0 Å². The summed E-state index contributed by atoms with van der Waals surface area (Å²) in [4.78, 5) is 22.3. The molecule has 0 spiro atoms. The van der Waals surface area contributed by atoms with Crippen LogP contribution in [0.25, 0.3) is 16.6 Å². The first-order valence-corrected chi connectivity index (χ1v) is 12.5. The number of hydrogen-bond donors (Lipinski definition) is 3. The standard InChI is InChI=1S/C26H26N6OS/c33-25(19-13-18-5-1-3-7-22(18)28-14-19)29-23-8-4-2-6-21(23)24-16-32-20(17-34-26(32)30-24)15-31-11-9-27-10-12-31/h1-8,13-14,16-17,26-27,30H,9-12,15H2,(H,29,33). The molecular formula is C26H26N6OS. The summed E-state index contributed by atoms with van der Waals surface area (Å²) in [6.45, 7) is 5.18. The molecule has 0 bridgehead atoms. The van der Waals surface area contributed by atoms with Crippen LogP contribution in [0.4, 0.5) is 5.69 Å². The second-order valence-electron chi connectivity index (χ2n) is 8.63. The first kappa shape index (κ1) is 21.2. The third-order valence-electron chi connectivity index (χ3n) is 6.38. The van der Waals surface area contributed by atoms with Gasteiger partial charge in [-0.15, -0.1) is 0 Å². The molecule has 7 nitrogen and oxygen atoms in total. The van der Waals surface area contributed by atoms with Gasteiger partial charge in [0, 0.05) is 61.8 Å². The fourth-order valence-electron chi connectivity index (χ4n) is 4.56. The highest BCUT2D eigenvalue weighted by molar-refractivity contribution is 8.02. The number of thioether (sulfide) groups is 1. The lowest BCUT2D eigenvalue weighted by molar-refractivity contribution is 0.102. The van der Waals surface area contributed by atoms with E-state index >= 15 is 0 Å². The summed E-state index contributed by atoms with van der Waals surface area (Å²) in [7, 11) is 0. The van der Waals surface area contributed by atoms with E-state index in [1.165, 1.54) is 5.70 Å². The Balaban J connectivity index is 1.21. The van der Waals surface area contributed by atoms with E-state index in [0.29, 0.717) is 5.56 Å². The Bertz CT molecular complexity index is 1300. The van der Waals surface area contributed by atoms with Gasteiger partial charge in [0.15, 0.2) is 5.50 Å². The van der Waals surface area contributed by atoms with Crippen LogP contribution in [-0.4, -0.2) is 58.9 Å². The van der Waals surface area contributed by atoms with Crippen molar-refractivity contribution in [2.24, 2.45) is 0 Å². The van der Waals surface area contributed by atoms with E-state index in [1.54, 1.807) is 18.0 Å². The number of benzene rings is 2. The van der Waals surface area contributed by atoms with E-state index in [0.717, 1.165) is 60.6 Å². The van der Waals surface area contributed by atoms with E-state index in [4.69, 9.17) is 0 Å². The van der Waals surface area contributed by atoms with Crippen LogP contribution >= 0.6 is 11.8 Å². The van der Waals surface area contributed by atoms with Crippen LogP contribution in [0.1, 0.15) is 15.9 Å². The number of aromatic nitrogens is 1. The highest BCUT2D eigenvalue weighted by atomic mass is 32.2. The fourth-order valence-corrected chi connectivity index (χ4v) is 5.57. The van der Waals surface area contributed by atoms with Crippen molar-refractivity contribution in [1.29, 1.82) is 0 Å². The van der Waals surface area contributed by atoms with Gasteiger partial charge < -0.3 is 20.9 Å². The van der Waals surface area contributed by atoms with Crippen molar-refractivity contribution in [1.82, 2.24) is 25.4 Å². The van der Waals surface area contributed by atoms with Crippen LogP contribution in [-0.2, 0) is 0 Å². The van der Waals surface area contributed by atoms with Gasteiger partial charge in [-0.3, -0.25) is 14.7 Å². The molecule has 1 amide bonds.